The average Bonchev–Trinajstić information content (AvgIpc) is 2.01. The number of halogens is 4. The maximum Gasteiger partial charge on any atom is 0.573 e. The molecule has 0 aliphatic heterocycles. The minimum absolute atomic E-state index is 0.0216. The molecule has 7 heteroatoms. The second-order valence-corrected chi connectivity index (χ2v) is 3.51. The van der Waals surface area contributed by atoms with Crippen molar-refractivity contribution < 1.29 is 17.9 Å². The van der Waals surface area contributed by atoms with Gasteiger partial charge in [-0.25, -0.2) is 0 Å². The molecule has 0 aromatic carbocycles. The zero-order valence-corrected chi connectivity index (χ0v) is 8.96. The molecule has 1 aromatic heterocycles. The van der Waals surface area contributed by atoms with Crippen molar-refractivity contribution in [2.24, 2.45) is 5.73 Å². The molecule has 1 aromatic rings. The largest absolute Gasteiger partial charge is 0.573 e. The number of rotatable bonds is 2. The van der Waals surface area contributed by atoms with Gasteiger partial charge >= 0.3 is 6.36 Å². The van der Waals surface area contributed by atoms with E-state index in [1.165, 1.54) is 6.20 Å². The van der Waals surface area contributed by atoms with Crippen molar-refractivity contribution >= 4 is 22.6 Å². The van der Waals surface area contributed by atoms with Crippen LogP contribution in [-0.2, 0) is 6.54 Å². The van der Waals surface area contributed by atoms with Crippen molar-refractivity contribution in [1.82, 2.24) is 4.98 Å². The monoisotopic (exact) mass is 318 g/mol. The van der Waals surface area contributed by atoms with E-state index in [1.54, 1.807) is 0 Å². The molecule has 0 atom stereocenters. The van der Waals surface area contributed by atoms with Crippen LogP contribution in [-0.4, -0.2) is 11.3 Å². The Morgan fingerprint density at radius 2 is 2.07 bits per heavy atom. The molecular formula is C7H6F3IN2O. The Kier molecular flexibility index (Phi) is 3.53. The summed E-state index contributed by atoms with van der Waals surface area (Å²) in [5.41, 5.74) is 5.59. The molecule has 0 unspecified atom stereocenters. The fourth-order valence-corrected chi connectivity index (χ4v) is 1.50. The molecular weight excluding hydrogens is 312 g/mol. The molecule has 2 N–H and O–H groups in total. The maximum absolute atomic E-state index is 11.9. The number of pyridine rings is 1. The second-order valence-electron chi connectivity index (χ2n) is 2.35. The van der Waals surface area contributed by atoms with Crippen LogP contribution in [0.2, 0.25) is 0 Å². The molecule has 0 fully saturated rings. The van der Waals surface area contributed by atoms with Crippen LogP contribution in [0.15, 0.2) is 12.4 Å². The summed E-state index contributed by atoms with van der Waals surface area (Å²) in [4.78, 5) is 3.59. The predicted molar refractivity (Wildman–Crippen MR) is 51.5 cm³/mol. The molecule has 14 heavy (non-hydrogen) atoms. The quantitative estimate of drug-likeness (QED) is 0.849. The van der Waals surface area contributed by atoms with Crippen molar-refractivity contribution in [3.05, 3.63) is 21.5 Å². The highest BCUT2D eigenvalue weighted by Crippen LogP contribution is 2.27. The molecule has 78 valence electrons. The third-order valence-electron chi connectivity index (χ3n) is 1.40. The van der Waals surface area contributed by atoms with Gasteiger partial charge in [-0.1, -0.05) is 0 Å². The lowest BCUT2D eigenvalue weighted by Gasteiger charge is -2.12. The first-order valence-corrected chi connectivity index (χ1v) is 4.60. The second kappa shape index (κ2) is 4.30. The minimum Gasteiger partial charge on any atom is -0.404 e. The molecule has 1 rings (SSSR count). The van der Waals surface area contributed by atoms with Gasteiger partial charge in [-0.3, -0.25) is 4.98 Å². The lowest BCUT2D eigenvalue weighted by Crippen LogP contribution is -2.19. The van der Waals surface area contributed by atoms with Crippen LogP contribution in [0.1, 0.15) is 5.56 Å². The van der Waals surface area contributed by atoms with Crippen LogP contribution in [0, 0.1) is 3.57 Å². The maximum atomic E-state index is 11.9. The van der Waals surface area contributed by atoms with Crippen LogP contribution in [0.3, 0.4) is 0 Å². The molecule has 1 heterocycles. The van der Waals surface area contributed by atoms with Gasteiger partial charge < -0.3 is 10.5 Å². The van der Waals surface area contributed by atoms with Crippen LogP contribution < -0.4 is 10.5 Å². The smallest absolute Gasteiger partial charge is 0.404 e. The van der Waals surface area contributed by atoms with Crippen molar-refractivity contribution in [3.8, 4) is 5.75 Å². The van der Waals surface area contributed by atoms with E-state index >= 15 is 0 Å². The van der Waals surface area contributed by atoms with Gasteiger partial charge in [0.1, 0.15) is 0 Å². The molecule has 0 aliphatic rings. The summed E-state index contributed by atoms with van der Waals surface area (Å²) in [5, 5.41) is 0. The molecule has 0 spiro atoms. The lowest BCUT2D eigenvalue weighted by molar-refractivity contribution is -0.275. The third kappa shape index (κ3) is 2.98. The van der Waals surface area contributed by atoms with Crippen LogP contribution in [0.25, 0.3) is 0 Å². The van der Waals surface area contributed by atoms with Gasteiger partial charge in [-0.15, -0.1) is 13.2 Å². The Bertz CT molecular complexity index is 329. The van der Waals surface area contributed by atoms with E-state index in [2.05, 4.69) is 9.72 Å². The van der Waals surface area contributed by atoms with Crippen molar-refractivity contribution in [2.45, 2.75) is 12.9 Å². The van der Waals surface area contributed by atoms with E-state index in [9.17, 15) is 13.2 Å². The van der Waals surface area contributed by atoms with E-state index in [1.807, 2.05) is 22.6 Å². The Hall–Kier alpha value is -0.570. The number of hydrogen-bond acceptors (Lipinski definition) is 3. The first-order valence-electron chi connectivity index (χ1n) is 3.52. The normalized spacial score (nSPS) is 11.5. The Balaban J connectivity index is 3.02. The van der Waals surface area contributed by atoms with Crippen molar-refractivity contribution in [1.29, 1.82) is 0 Å². The van der Waals surface area contributed by atoms with E-state index in [-0.39, 0.29) is 12.3 Å². The highest BCUT2D eigenvalue weighted by atomic mass is 127. The van der Waals surface area contributed by atoms with Gasteiger partial charge in [-0.2, -0.15) is 0 Å². The molecule has 0 saturated carbocycles. The number of ether oxygens (including phenoxy) is 1. The number of nitrogens with two attached hydrogens (primary N) is 1. The summed E-state index contributed by atoms with van der Waals surface area (Å²) in [5.74, 6) is -0.341. The molecule has 0 saturated heterocycles. The van der Waals surface area contributed by atoms with Gasteiger partial charge in [0.05, 0.1) is 6.20 Å². The Labute approximate surface area is 91.6 Å². The highest BCUT2D eigenvalue weighted by Gasteiger charge is 2.32. The Morgan fingerprint density at radius 1 is 1.43 bits per heavy atom. The van der Waals surface area contributed by atoms with Crippen LogP contribution >= 0.6 is 22.6 Å². The van der Waals surface area contributed by atoms with E-state index in [0.29, 0.717) is 9.13 Å². The van der Waals surface area contributed by atoms with Gasteiger partial charge in [0, 0.05) is 21.9 Å². The summed E-state index contributed by atoms with van der Waals surface area (Å²) in [6.07, 6.45) is -2.29. The number of nitrogens with zero attached hydrogens (tertiary/aromatic N) is 1. The fourth-order valence-electron chi connectivity index (χ4n) is 0.855. The topological polar surface area (TPSA) is 48.1 Å². The van der Waals surface area contributed by atoms with Crippen molar-refractivity contribution in [3.63, 3.8) is 0 Å². The molecule has 0 amide bonds. The number of alkyl halides is 3. The van der Waals surface area contributed by atoms with E-state index < -0.39 is 6.36 Å². The molecule has 0 radical (unpaired) electrons. The SMILES string of the molecule is NCc1c(I)cncc1OC(F)(F)F. The van der Waals surface area contributed by atoms with Crippen molar-refractivity contribution in [2.75, 3.05) is 0 Å². The number of aromatic nitrogens is 1. The summed E-state index contributed by atoms with van der Waals surface area (Å²) < 4.78 is 40.0. The summed E-state index contributed by atoms with van der Waals surface area (Å²) in [7, 11) is 0. The van der Waals surface area contributed by atoms with Gasteiger partial charge in [-0.05, 0) is 22.6 Å². The zero-order valence-electron chi connectivity index (χ0n) is 6.81. The summed E-state index contributed by atoms with van der Waals surface area (Å²) in [6, 6.07) is 0. The molecule has 0 bridgehead atoms. The standard InChI is InChI=1S/C7H6F3IN2O/c8-7(9,10)14-6-3-13-2-5(11)4(6)1-12/h2-3H,1,12H2. The predicted octanol–water partition coefficient (Wildman–Crippen LogP) is 2.04. The third-order valence-corrected chi connectivity index (χ3v) is 2.32. The lowest BCUT2D eigenvalue weighted by atomic mass is 10.2. The fraction of sp³-hybridized carbons (Fsp3) is 0.286. The van der Waals surface area contributed by atoms with Gasteiger partial charge in [0.25, 0.3) is 0 Å². The van der Waals surface area contributed by atoms with E-state index in [4.69, 9.17) is 5.73 Å². The molecule has 0 aliphatic carbocycles. The van der Waals surface area contributed by atoms with E-state index in [0.717, 1.165) is 6.20 Å². The minimum atomic E-state index is -4.71. The molecule has 3 nitrogen and oxygen atoms in total. The average molecular weight is 318 g/mol. The van der Waals surface area contributed by atoms with Crippen LogP contribution in [0.5, 0.6) is 5.75 Å². The Morgan fingerprint density at radius 3 is 2.57 bits per heavy atom. The zero-order chi connectivity index (χ0) is 10.8. The number of hydrogen-bond donors (Lipinski definition) is 1. The summed E-state index contributed by atoms with van der Waals surface area (Å²) in [6.45, 7) is -0.0216. The van der Waals surface area contributed by atoms with Gasteiger partial charge in [0.15, 0.2) is 5.75 Å². The first kappa shape index (κ1) is 11.5. The van der Waals surface area contributed by atoms with Crippen LogP contribution in [0.4, 0.5) is 13.2 Å². The van der Waals surface area contributed by atoms with Gasteiger partial charge in [0.2, 0.25) is 0 Å². The highest BCUT2D eigenvalue weighted by molar-refractivity contribution is 14.1. The summed E-state index contributed by atoms with van der Waals surface area (Å²) >= 11 is 1.85. The first-order chi connectivity index (χ1) is 6.44.